The SMILES string of the molecule is C1=COSOC1. The quantitative estimate of drug-likeness (QED) is 0.429. The average molecular weight is 104 g/mol. The van der Waals surface area contributed by atoms with E-state index in [2.05, 4.69) is 8.37 Å². The van der Waals surface area contributed by atoms with Crippen molar-refractivity contribution in [1.82, 2.24) is 0 Å². The fraction of sp³-hybridized carbons (Fsp3) is 0.333. The van der Waals surface area contributed by atoms with Gasteiger partial charge in [0.05, 0.1) is 6.61 Å². The van der Waals surface area contributed by atoms with E-state index in [9.17, 15) is 0 Å². The highest BCUT2D eigenvalue weighted by Gasteiger charge is 1.88. The van der Waals surface area contributed by atoms with Crippen LogP contribution in [-0.2, 0) is 8.37 Å². The summed E-state index contributed by atoms with van der Waals surface area (Å²) in [6, 6.07) is 0. The molecule has 1 aliphatic heterocycles. The van der Waals surface area contributed by atoms with Crippen LogP contribution in [0.5, 0.6) is 0 Å². The van der Waals surface area contributed by atoms with Crippen molar-refractivity contribution in [2.24, 2.45) is 0 Å². The maximum Gasteiger partial charge on any atom is 0.225 e. The summed E-state index contributed by atoms with van der Waals surface area (Å²) in [5.41, 5.74) is 0. The molecule has 0 amide bonds. The standard InChI is InChI=1S/C3H4O2S/c1-2-4-6-5-3-1/h1-2H,3H2. The van der Waals surface area contributed by atoms with Gasteiger partial charge < -0.3 is 4.18 Å². The maximum atomic E-state index is 4.68. The Hall–Kier alpha value is -0.150. The summed E-state index contributed by atoms with van der Waals surface area (Å²) in [6.07, 6.45) is 3.41. The van der Waals surface area contributed by atoms with Gasteiger partial charge in [-0.1, -0.05) is 0 Å². The summed E-state index contributed by atoms with van der Waals surface area (Å²) < 4.78 is 9.26. The molecule has 0 aromatic heterocycles. The summed E-state index contributed by atoms with van der Waals surface area (Å²) in [6.45, 7) is 0.657. The van der Waals surface area contributed by atoms with Crippen molar-refractivity contribution in [2.45, 2.75) is 0 Å². The van der Waals surface area contributed by atoms with Crippen LogP contribution in [0.15, 0.2) is 12.3 Å². The van der Waals surface area contributed by atoms with Gasteiger partial charge in [0.15, 0.2) is 0 Å². The van der Waals surface area contributed by atoms with Gasteiger partial charge in [0, 0.05) is 0 Å². The molecule has 0 spiro atoms. The third-order valence-electron chi connectivity index (χ3n) is 0.403. The Morgan fingerprint density at radius 2 is 2.67 bits per heavy atom. The van der Waals surface area contributed by atoms with Crippen molar-refractivity contribution < 1.29 is 8.37 Å². The van der Waals surface area contributed by atoms with Gasteiger partial charge in [0.1, 0.15) is 6.26 Å². The Kier molecular flexibility index (Phi) is 1.41. The molecule has 0 atom stereocenters. The second kappa shape index (κ2) is 2.10. The Morgan fingerprint density at radius 3 is 2.83 bits per heavy atom. The first-order valence-corrected chi connectivity index (χ1v) is 2.27. The normalized spacial score (nSPS) is 20.0. The third-order valence-corrected chi connectivity index (χ3v) is 0.825. The van der Waals surface area contributed by atoms with Crippen LogP contribution in [-0.4, -0.2) is 6.61 Å². The smallest absolute Gasteiger partial charge is 0.225 e. The first kappa shape index (κ1) is 4.02. The van der Waals surface area contributed by atoms with Crippen molar-refractivity contribution in [3.63, 3.8) is 0 Å². The van der Waals surface area contributed by atoms with Crippen LogP contribution in [0.3, 0.4) is 0 Å². The second-order valence-electron chi connectivity index (χ2n) is 0.821. The summed E-state index contributed by atoms with van der Waals surface area (Å²) in [5.74, 6) is 0. The van der Waals surface area contributed by atoms with Crippen LogP contribution >= 0.6 is 12.3 Å². The number of hydrogen-bond donors (Lipinski definition) is 0. The van der Waals surface area contributed by atoms with E-state index in [1.54, 1.807) is 12.3 Å². The second-order valence-corrected chi connectivity index (χ2v) is 1.38. The van der Waals surface area contributed by atoms with Crippen LogP contribution in [0.1, 0.15) is 0 Å². The summed E-state index contributed by atoms with van der Waals surface area (Å²) in [5, 5.41) is 0. The predicted molar refractivity (Wildman–Crippen MR) is 23.8 cm³/mol. The van der Waals surface area contributed by atoms with Gasteiger partial charge in [-0.3, -0.25) is 4.18 Å². The molecule has 34 valence electrons. The van der Waals surface area contributed by atoms with E-state index in [-0.39, 0.29) is 0 Å². The Balaban J connectivity index is 2.26. The number of rotatable bonds is 0. The fourth-order valence-corrected chi connectivity index (χ4v) is 0.510. The molecule has 1 aliphatic rings. The Morgan fingerprint density at radius 1 is 1.67 bits per heavy atom. The van der Waals surface area contributed by atoms with Crippen molar-refractivity contribution in [3.8, 4) is 0 Å². The van der Waals surface area contributed by atoms with Crippen molar-refractivity contribution in [2.75, 3.05) is 6.61 Å². The van der Waals surface area contributed by atoms with Crippen LogP contribution < -0.4 is 0 Å². The third kappa shape index (κ3) is 0.914. The number of hydrogen-bond acceptors (Lipinski definition) is 3. The minimum Gasteiger partial charge on any atom is -0.409 e. The van der Waals surface area contributed by atoms with E-state index in [0.717, 1.165) is 12.3 Å². The van der Waals surface area contributed by atoms with E-state index < -0.39 is 0 Å². The van der Waals surface area contributed by atoms with E-state index in [1.807, 2.05) is 0 Å². The van der Waals surface area contributed by atoms with Crippen molar-refractivity contribution in [1.29, 1.82) is 0 Å². The molecule has 3 heteroatoms. The molecular weight excluding hydrogens is 100 g/mol. The lowest BCUT2D eigenvalue weighted by molar-refractivity contribution is 0.350. The van der Waals surface area contributed by atoms with Crippen LogP contribution in [0.25, 0.3) is 0 Å². The molecule has 0 radical (unpaired) electrons. The van der Waals surface area contributed by atoms with Crippen molar-refractivity contribution in [3.05, 3.63) is 12.3 Å². The molecular formula is C3H4O2S. The molecule has 0 N–H and O–H groups in total. The highest BCUT2D eigenvalue weighted by molar-refractivity contribution is 7.90. The molecule has 0 aromatic rings. The van der Waals surface area contributed by atoms with Gasteiger partial charge in [-0.25, -0.2) is 0 Å². The zero-order valence-corrected chi connectivity index (χ0v) is 3.90. The molecule has 1 rings (SSSR count). The molecule has 0 aromatic carbocycles. The molecule has 0 fully saturated rings. The molecule has 0 bridgehead atoms. The first-order valence-electron chi connectivity index (χ1n) is 1.60. The van der Waals surface area contributed by atoms with Gasteiger partial charge in [0.25, 0.3) is 0 Å². The highest BCUT2D eigenvalue weighted by Crippen LogP contribution is 2.08. The summed E-state index contributed by atoms with van der Waals surface area (Å²) in [7, 11) is 0. The Bertz CT molecular complexity index is 53.8. The molecule has 6 heavy (non-hydrogen) atoms. The molecule has 2 nitrogen and oxygen atoms in total. The van der Waals surface area contributed by atoms with Crippen LogP contribution in [0, 0.1) is 0 Å². The van der Waals surface area contributed by atoms with E-state index >= 15 is 0 Å². The molecule has 0 saturated heterocycles. The predicted octanol–water partition coefficient (Wildman–Crippen LogP) is 1.11. The lowest BCUT2D eigenvalue weighted by Crippen LogP contribution is -1.85. The van der Waals surface area contributed by atoms with Gasteiger partial charge in [-0.2, -0.15) is 0 Å². The van der Waals surface area contributed by atoms with E-state index in [0.29, 0.717) is 6.61 Å². The van der Waals surface area contributed by atoms with E-state index in [1.165, 1.54) is 0 Å². The minimum absolute atomic E-state index is 0.657. The van der Waals surface area contributed by atoms with Gasteiger partial charge in [-0.05, 0) is 6.08 Å². The summed E-state index contributed by atoms with van der Waals surface area (Å²) in [4.78, 5) is 0. The van der Waals surface area contributed by atoms with Gasteiger partial charge in [-0.15, -0.1) is 0 Å². The fourth-order valence-electron chi connectivity index (χ4n) is 0.196. The van der Waals surface area contributed by atoms with Gasteiger partial charge in [0.2, 0.25) is 12.3 Å². The average Bonchev–Trinajstić information content (AvgIpc) is 1.72. The Labute approximate surface area is 40.5 Å². The molecule has 0 aliphatic carbocycles. The first-order chi connectivity index (χ1) is 3.00. The molecule has 0 saturated carbocycles. The maximum absolute atomic E-state index is 4.68. The zero-order chi connectivity index (χ0) is 4.24. The van der Waals surface area contributed by atoms with Crippen LogP contribution in [0.2, 0.25) is 0 Å². The zero-order valence-electron chi connectivity index (χ0n) is 3.09. The van der Waals surface area contributed by atoms with Crippen molar-refractivity contribution >= 4 is 12.3 Å². The molecule has 0 unspecified atom stereocenters. The largest absolute Gasteiger partial charge is 0.409 e. The van der Waals surface area contributed by atoms with E-state index in [4.69, 9.17) is 0 Å². The van der Waals surface area contributed by atoms with Crippen LogP contribution in [0.4, 0.5) is 0 Å². The molecule has 1 heterocycles. The summed E-state index contributed by atoms with van der Waals surface area (Å²) >= 11 is 1.01. The lowest BCUT2D eigenvalue weighted by Gasteiger charge is -1.99. The van der Waals surface area contributed by atoms with Gasteiger partial charge >= 0.3 is 0 Å². The lowest BCUT2D eigenvalue weighted by atomic mass is 10.7. The highest BCUT2D eigenvalue weighted by atomic mass is 32.2. The minimum atomic E-state index is 0.657. The monoisotopic (exact) mass is 104 g/mol. The topological polar surface area (TPSA) is 18.5 Å².